The van der Waals surface area contributed by atoms with Gasteiger partial charge in [0.1, 0.15) is 5.78 Å². The van der Waals surface area contributed by atoms with Crippen molar-refractivity contribution in [3.8, 4) is 0 Å². The van der Waals surface area contributed by atoms with Gasteiger partial charge in [0, 0.05) is 24.1 Å². The molecular formula is C12H16Cl2O. The topological polar surface area (TPSA) is 17.1 Å². The van der Waals surface area contributed by atoms with Crippen molar-refractivity contribution in [2.24, 2.45) is 0 Å². The summed E-state index contributed by atoms with van der Waals surface area (Å²) >= 11 is 11.6. The first-order valence-electron chi connectivity index (χ1n) is 5.25. The van der Waals surface area contributed by atoms with Crippen LogP contribution in [0.15, 0.2) is 23.3 Å². The zero-order valence-electron chi connectivity index (χ0n) is 8.93. The van der Waals surface area contributed by atoms with Crippen molar-refractivity contribution in [1.82, 2.24) is 0 Å². The van der Waals surface area contributed by atoms with Gasteiger partial charge in [-0.15, -0.1) is 23.2 Å². The maximum absolute atomic E-state index is 11.5. The van der Waals surface area contributed by atoms with E-state index >= 15 is 0 Å². The Kier molecular flexibility index (Phi) is 5.41. The number of hydrogen-bond acceptors (Lipinski definition) is 1. The molecule has 1 nitrogen and oxygen atoms in total. The number of alkyl halides is 2. The summed E-state index contributed by atoms with van der Waals surface area (Å²) in [5, 5.41) is -0.0374. The molecule has 0 amide bonds. The maximum Gasteiger partial charge on any atom is 0.137 e. The standard InChI is InChI=1S/C12H16Cl2O/c1-9(14)7-11-8-12(15)4-2-3-10(11)5-6-13/h5,7,9H,2-4,6,8H2,1H3/b10-5-,11-7-. The van der Waals surface area contributed by atoms with E-state index in [4.69, 9.17) is 23.2 Å². The van der Waals surface area contributed by atoms with Crippen molar-refractivity contribution in [1.29, 1.82) is 0 Å². The molecule has 0 bridgehead atoms. The van der Waals surface area contributed by atoms with Crippen molar-refractivity contribution >= 4 is 29.0 Å². The largest absolute Gasteiger partial charge is 0.299 e. The first-order valence-corrected chi connectivity index (χ1v) is 6.22. The summed E-state index contributed by atoms with van der Waals surface area (Å²) in [5.74, 6) is 0.800. The molecule has 0 radical (unpaired) electrons. The Bertz CT molecular complexity index is 290. The third-order valence-electron chi connectivity index (χ3n) is 2.46. The predicted molar refractivity (Wildman–Crippen MR) is 65.7 cm³/mol. The molecule has 1 unspecified atom stereocenters. The van der Waals surface area contributed by atoms with Gasteiger partial charge in [0.05, 0.1) is 0 Å². The van der Waals surface area contributed by atoms with Crippen molar-refractivity contribution in [3.63, 3.8) is 0 Å². The number of rotatable bonds is 2. The van der Waals surface area contributed by atoms with Gasteiger partial charge in [0.15, 0.2) is 0 Å². The fourth-order valence-electron chi connectivity index (χ4n) is 1.82. The molecule has 0 N–H and O–H groups in total. The number of hydrogen-bond donors (Lipinski definition) is 0. The van der Waals surface area contributed by atoms with Crippen LogP contribution in [0.25, 0.3) is 0 Å². The van der Waals surface area contributed by atoms with Gasteiger partial charge in [-0.25, -0.2) is 0 Å². The van der Waals surface area contributed by atoms with Gasteiger partial charge in [-0.05, 0) is 30.9 Å². The number of carbonyl (C=O) groups excluding carboxylic acids is 1. The molecule has 84 valence electrons. The smallest absolute Gasteiger partial charge is 0.137 e. The van der Waals surface area contributed by atoms with Crippen LogP contribution in [0, 0.1) is 0 Å². The summed E-state index contributed by atoms with van der Waals surface area (Å²) in [4.78, 5) is 11.5. The van der Waals surface area contributed by atoms with Crippen LogP contribution in [0.5, 0.6) is 0 Å². The van der Waals surface area contributed by atoms with E-state index in [1.165, 1.54) is 5.57 Å². The molecule has 3 heteroatoms. The second-order valence-corrected chi connectivity index (χ2v) is 4.82. The number of ketones is 1. The zero-order chi connectivity index (χ0) is 11.3. The van der Waals surface area contributed by atoms with Crippen LogP contribution >= 0.6 is 23.2 Å². The van der Waals surface area contributed by atoms with Crippen LogP contribution in [-0.2, 0) is 4.79 Å². The van der Waals surface area contributed by atoms with Gasteiger partial charge >= 0.3 is 0 Å². The first kappa shape index (κ1) is 12.8. The maximum atomic E-state index is 11.5. The lowest BCUT2D eigenvalue weighted by atomic mass is 10.00. The summed E-state index contributed by atoms with van der Waals surface area (Å²) in [6.07, 6.45) is 7.01. The summed E-state index contributed by atoms with van der Waals surface area (Å²) < 4.78 is 0. The van der Waals surface area contributed by atoms with Crippen molar-refractivity contribution < 1.29 is 4.79 Å². The average Bonchev–Trinajstić information content (AvgIpc) is 2.29. The van der Waals surface area contributed by atoms with Gasteiger partial charge in [-0.3, -0.25) is 4.79 Å². The minimum atomic E-state index is -0.0374. The molecule has 1 atom stereocenters. The van der Waals surface area contributed by atoms with E-state index in [-0.39, 0.29) is 5.38 Å². The molecule has 0 aliphatic heterocycles. The summed E-state index contributed by atoms with van der Waals surface area (Å²) in [6.45, 7) is 1.90. The van der Waals surface area contributed by atoms with Gasteiger partial charge in [-0.2, -0.15) is 0 Å². The highest BCUT2D eigenvalue weighted by Gasteiger charge is 2.15. The van der Waals surface area contributed by atoms with E-state index in [1.807, 2.05) is 19.1 Å². The van der Waals surface area contributed by atoms with E-state index in [9.17, 15) is 4.79 Å². The molecule has 0 aromatic rings. The molecule has 0 aromatic heterocycles. The molecule has 15 heavy (non-hydrogen) atoms. The molecule has 1 fully saturated rings. The Morgan fingerprint density at radius 2 is 2.13 bits per heavy atom. The lowest BCUT2D eigenvalue weighted by Gasteiger charge is -2.08. The summed E-state index contributed by atoms with van der Waals surface area (Å²) in [6, 6.07) is 0. The summed E-state index contributed by atoms with van der Waals surface area (Å²) in [5.41, 5.74) is 2.27. The van der Waals surface area contributed by atoms with E-state index in [1.54, 1.807) is 0 Å². The van der Waals surface area contributed by atoms with Gasteiger partial charge in [0.2, 0.25) is 0 Å². The minimum absolute atomic E-state index is 0.0374. The fraction of sp³-hybridized carbons (Fsp3) is 0.583. The quantitative estimate of drug-likeness (QED) is 0.535. The van der Waals surface area contributed by atoms with E-state index < -0.39 is 0 Å². The molecular weight excluding hydrogens is 231 g/mol. The molecule has 0 aromatic carbocycles. The fourth-order valence-corrected chi connectivity index (χ4v) is 2.16. The van der Waals surface area contributed by atoms with Crippen LogP contribution in [-0.4, -0.2) is 17.0 Å². The van der Waals surface area contributed by atoms with E-state index in [0.29, 0.717) is 24.5 Å². The van der Waals surface area contributed by atoms with Crippen LogP contribution < -0.4 is 0 Å². The highest BCUT2D eigenvalue weighted by Crippen LogP contribution is 2.26. The van der Waals surface area contributed by atoms with Crippen molar-refractivity contribution in [2.45, 2.75) is 38.0 Å². The zero-order valence-corrected chi connectivity index (χ0v) is 10.4. The summed E-state index contributed by atoms with van der Waals surface area (Å²) in [7, 11) is 0. The molecule has 0 heterocycles. The first-order chi connectivity index (χ1) is 7.13. The second kappa shape index (κ2) is 6.34. The van der Waals surface area contributed by atoms with Crippen LogP contribution in [0.2, 0.25) is 0 Å². The van der Waals surface area contributed by atoms with Gasteiger partial charge in [-0.1, -0.05) is 12.2 Å². The Labute approximate surface area is 101 Å². The van der Waals surface area contributed by atoms with Crippen LogP contribution in [0.3, 0.4) is 0 Å². The van der Waals surface area contributed by atoms with Crippen molar-refractivity contribution in [2.75, 3.05) is 5.88 Å². The highest BCUT2D eigenvalue weighted by atomic mass is 35.5. The number of Topliss-reactive ketones (excluding diaryl/α,β-unsaturated/α-hetero) is 1. The normalized spacial score (nSPS) is 25.7. The Hall–Kier alpha value is -0.270. The Morgan fingerprint density at radius 1 is 1.40 bits per heavy atom. The number of halogens is 2. The second-order valence-electron chi connectivity index (χ2n) is 3.82. The third-order valence-corrected chi connectivity index (χ3v) is 2.74. The Morgan fingerprint density at radius 3 is 2.73 bits per heavy atom. The molecule has 1 saturated carbocycles. The van der Waals surface area contributed by atoms with Gasteiger partial charge in [0.25, 0.3) is 0 Å². The van der Waals surface area contributed by atoms with Gasteiger partial charge < -0.3 is 0 Å². The van der Waals surface area contributed by atoms with Crippen molar-refractivity contribution in [3.05, 3.63) is 23.3 Å². The third kappa shape index (κ3) is 4.40. The van der Waals surface area contributed by atoms with E-state index in [2.05, 4.69) is 0 Å². The molecule has 1 aliphatic rings. The predicted octanol–water partition coefficient (Wildman–Crippen LogP) is 3.85. The SMILES string of the molecule is CC(Cl)/C=C1/CC(=O)CCC/C1=C/CCl. The minimum Gasteiger partial charge on any atom is -0.299 e. The molecule has 1 aliphatic carbocycles. The monoisotopic (exact) mass is 246 g/mol. The average molecular weight is 247 g/mol. The lowest BCUT2D eigenvalue weighted by molar-refractivity contribution is -0.118. The van der Waals surface area contributed by atoms with Crippen LogP contribution in [0.1, 0.15) is 32.6 Å². The number of allylic oxidation sites excluding steroid dienone is 4. The Balaban J connectivity index is 2.91. The van der Waals surface area contributed by atoms with Crippen LogP contribution in [0.4, 0.5) is 0 Å². The van der Waals surface area contributed by atoms with E-state index in [0.717, 1.165) is 18.4 Å². The number of carbonyl (C=O) groups is 1. The molecule has 0 spiro atoms. The highest BCUT2D eigenvalue weighted by molar-refractivity contribution is 6.21. The molecule has 0 saturated heterocycles. The molecule has 1 rings (SSSR count). The lowest BCUT2D eigenvalue weighted by Crippen LogP contribution is -1.99.